The van der Waals surface area contributed by atoms with Crippen molar-refractivity contribution in [2.24, 2.45) is 0 Å². The summed E-state index contributed by atoms with van der Waals surface area (Å²) in [5.74, 6) is -1.20. The second-order valence-corrected chi connectivity index (χ2v) is 5.66. The third-order valence-corrected chi connectivity index (χ3v) is 3.53. The molecule has 2 aromatic rings. The molecule has 0 aliphatic carbocycles. The fourth-order valence-electron chi connectivity index (χ4n) is 2.11. The van der Waals surface area contributed by atoms with Gasteiger partial charge in [-0.2, -0.15) is 5.26 Å². The Kier molecular flexibility index (Phi) is 6.80. The van der Waals surface area contributed by atoms with Gasteiger partial charge < -0.3 is 19.9 Å². The molecule has 0 aromatic heterocycles. The number of amides is 1. The Balaban J connectivity index is 2.22. The van der Waals surface area contributed by atoms with Gasteiger partial charge in [0.05, 0.1) is 7.11 Å². The number of nitriles is 1. The molecule has 0 aliphatic heterocycles. The van der Waals surface area contributed by atoms with Crippen molar-refractivity contribution in [3.05, 3.63) is 58.6 Å². The molecule has 0 saturated heterocycles. The van der Waals surface area contributed by atoms with Gasteiger partial charge in [-0.1, -0.05) is 23.7 Å². The first kappa shape index (κ1) is 19.8. The maximum Gasteiger partial charge on any atom is 0.341 e. The largest absolute Gasteiger partial charge is 0.493 e. The van der Waals surface area contributed by atoms with E-state index in [0.29, 0.717) is 16.3 Å². The van der Waals surface area contributed by atoms with Crippen molar-refractivity contribution in [3.8, 4) is 17.6 Å². The molecule has 0 radical (unpaired) electrons. The van der Waals surface area contributed by atoms with Crippen LogP contribution in [0.2, 0.25) is 5.02 Å². The first-order chi connectivity index (χ1) is 12.9. The van der Waals surface area contributed by atoms with E-state index in [0.717, 1.165) is 0 Å². The summed E-state index contributed by atoms with van der Waals surface area (Å²) in [4.78, 5) is 22.9. The lowest BCUT2D eigenvalue weighted by Crippen LogP contribution is -2.13. The topological polar surface area (TPSA) is 109 Å². The molecule has 7 nitrogen and oxygen atoms in total. The van der Waals surface area contributed by atoms with Crippen molar-refractivity contribution < 1.29 is 24.2 Å². The molecule has 0 aliphatic rings. The third kappa shape index (κ3) is 5.76. The highest BCUT2D eigenvalue weighted by atomic mass is 35.5. The van der Waals surface area contributed by atoms with Gasteiger partial charge in [0.2, 0.25) is 0 Å². The number of anilines is 1. The fourth-order valence-corrected chi connectivity index (χ4v) is 2.30. The maximum absolute atomic E-state index is 12.3. The van der Waals surface area contributed by atoms with E-state index in [1.807, 2.05) is 6.07 Å². The van der Waals surface area contributed by atoms with Crippen LogP contribution >= 0.6 is 11.6 Å². The molecule has 0 spiro atoms. The van der Waals surface area contributed by atoms with Gasteiger partial charge >= 0.3 is 5.97 Å². The Labute approximate surface area is 160 Å². The van der Waals surface area contributed by atoms with Crippen molar-refractivity contribution in [1.29, 1.82) is 5.26 Å². The number of carboxylic acids is 1. The van der Waals surface area contributed by atoms with E-state index in [4.69, 9.17) is 26.2 Å². The molecule has 2 rings (SSSR count). The number of nitrogens with zero attached hydrogens (tertiary/aromatic N) is 1. The average Bonchev–Trinajstić information content (AvgIpc) is 2.64. The second kappa shape index (κ2) is 9.27. The number of benzene rings is 2. The molecule has 0 saturated carbocycles. The molecular weight excluding hydrogens is 372 g/mol. The van der Waals surface area contributed by atoms with Crippen molar-refractivity contribution in [2.45, 2.75) is 0 Å². The van der Waals surface area contributed by atoms with Gasteiger partial charge in [-0.25, -0.2) is 4.79 Å². The molecule has 0 fully saturated rings. The van der Waals surface area contributed by atoms with Crippen LogP contribution in [0.1, 0.15) is 5.56 Å². The molecular formula is C19H15ClN2O5. The highest BCUT2D eigenvalue weighted by molar-refractivity contribution is 6.31. The Hall–Kier alpha value is -3.50. The summed E-state index contributed by atoms with van der Waals surface area (Å²) < 4.78 is 10.3. The number of hydrogen-bond acceptors (Lipinski definition) is 5. The molecule has 0 atom stereocenters. The summed E-state index contributed by atoms with van der Waals surface area (Å²) in [6, 6.07) is 13.0. The summed E-state index contributed by atoms with van der Waals surface area (Å²) in [5, 5.41) is 21.0. The zero-order valence-corrected chi connectivity index (χ0v) is 15.0. The van der Waals surface area contributed by atoms with E-state index in [2.05, 4.69) is 5.32 Å². The van der Waals surface area contributed by atoms with E-state index in [1.54, 1.807) is 30.3 Å². The van der Waals surface area contributed by atoms with Crippen LogP contribution < -0.4 is 14.8 Å². The molecule has 0 unspecified atom stereocenters. The van der Waals surface area contributed by atoms with Crippen LogP contribution in [0.5, 0.6) is 11.5 Å². The summed E-state index contributed by atoms with van der Waals surface area (Å²) in [6.07, 6.45) is 1.38. The van der Waals surface area contributed by atoms with Gasteiger partial charge in [0, 0.05) is 10.7 Å². The van der Waals surface area contributed by atoms with Gasteiger partial charge in [-0.05, 0) is 42.0 Å². The second-order valence-electron chi connectivity index (χ2n) is 5.23. The molecule has 8 heteroatoms. The van der Waals surface area contributed by atoms with Crippen molar-refractivity contribution in [3.63, 3.8) is 0 Å². The average molecular weight is 387 g/mol. The number of methoxy groups -OCH3 is 1. The zero-order valence-electron chi connectivity index (χ0n) is 14.2. The standard InChI is InChI=1S/C19H15ClN2O5/c1-26-17-8-12(5-6-16(17)27-11-18(23)24)7-13(10-21)19(25)22-15-4-2-3-14(20)9-15/h2-9H,11H2,1H3,(H,22,25)(H,23,24)/b13-7-. The SMILES string of the molecule is COc1cc(/C=C(/C#N)C(=O)Nc2cccc(Cl)c2)ccc1OCC(=O)O. The maximum atomic E-state index is 12.3. The molecule has 2 aromatic carbocycles. The lowest BCUT2D eigenvalue weighted by molar-refractivity contribution is -0.139. The number of carboxylic acid groups (broad SMARTS) is 1. The summed E-state index contributed by atoms with van der Waals surface area (Å²) in [5.41, 5.74) is 0.840. The van der Waals surface area contributed by atoms with Gasteiger partial charge in [0.25, 0.3) is 5.91 Å². The highest BCUT2D eigenvalue weighted by Gasteiger charge is 2.12. The number of ether oxygens (including phenoxy) is 2. The van der Waals surface area contributed by atoms with E-state index in [-0.39, 0.29) is 17.1 Å². The van der Waals surface area contributed by atoms with Crippen LogP contribution in [0.25, 0.3) is 6.08 Å². The number of hydrogen-bond donors (Lipinski definition) is 2. The molecule has 0 heterocycles. The van der Waals surface area contributed by atoms with E-state index in [1.165, 1.54) is 25.3 Å². The quantitative estimate of drug-likeness (QED) is 0.558. The number of rotatable bonds is 7. The molecule has 2 N–H and O–H groups in total. The Bertz CT molecular complexity index is 934. The van der Waals surface area contributed by atoms with E-state index >= 15 is 0 Å². The number of aliphatic carboxylic acids is 1. The van der Waals surface area contributed by atoms with Gasteiger partial charge in [0.1, 0.15) is 11.6 Å². The van der Waals surface area contributed by atoms with E-state index < -0.39 is 18.5 Å². The first-order valence-electron chi connectivity index (χ1n) is 7.64. The summed E-state index contributed by atoms with van der Waals surface area (Å²) in [6.45, 7) is -0.517. The number of carbonyl (C=O) groups is 2. The zero-order chi connectivity index (χ0) is 19.8. The monoisotopic (exact) mass is 386 g/mol. The smallest absolute Gasteiger partial charge is 0.341 e. The van der Waals surface area contributed by atoms with Crippen LogP contribution in [0.15, 0.2) is 48.0 Å². The molecule has 1 amide bonds. The van der Waals surface area contributed by atoms with Gasteiger partial charge in [0.15, 0.2) is 18.1 Å². The van der Waals surface area contributed by atoms with Crippen LogP contribution in [-0.2, 0) is 9.59 Å². The number of halogens is 1. The van der Waals surface area contributed by atoms with E-state index in [9.17, 15) is 14.9 Å². The van der Waals surface area contributed by atoms with Crippen LogP contribution in [0, 0.1) is 11.3 Å². The minimum absolute atomic E-state index is 0.128. The van der Waals surface area contributed by atoms with Crippen LogP contribution in [0.3, 0.4) is 0 Å². The Morgan fingerprint density at radius 3 is 2.67 bits per heavy atom. The minimum atomic E-state index is -1.12. The van der Waals surface area contributed by atoms with Crippen molar-refractivity contribution in [1.82, 2.24) is 0 Å². The third-order valence-electron chi connectivity index (χ3n) is 3.30. The first-order valence-corrected chi connectivity index (χ1v) is 8.02. The normalized spacial score (nSPS) is 10.6. The number of carbonyl (C=O) groups excluding carboxylic acids is 1. The predicted molar refractivity (Wildman–Crippen MR) is 99.8 cm³/mol. The fraction of sp³-hybridized carbons (Fsp3) is 0.105. The lowest BCUT2D eigenvalue weighted by Gasteiger charge is -2.10. The van der Waals surface area contributed by atoms with Gasteiger partial charge in [-0.3, -0.25) is 4.79 Å². The minimum Gasteiger partial charge on any atom is -0.493 e. The van der Waals surface area contributed by atoms with Crippen LogP contribution in [-0.4, -0.2) is 30.7 Å². The molecule has 0 bridgehead atoms. The molecule has 27 heavy (non-hydrogen) atoms. The molecule has 138 valence electrons. The highest BCUT2D eigenvalue weighted by Crippen LogP contribution is 2.29. The summed E-state index contributed by atoms with van der Waals surface area (Å²) >= 11 is 5.87. The Morgan fingerprint density at radius 2 is 2.04 bits per heavy atom. The van der Waals surface area contributed by atoms with Crippen LogP contribution in [0.4, 0.5) is 5.69 Å². The number of nitrogens with one attached hydrogen (secondary N) is 1. The lowest BCUT2D eigenvalue weighted by atomic mass is 10.1. The Morgan fingerprint density at radius 1 is 1.26 bits per heavy atom. The van der Waals surface area contributed by atoms with Crippen molar-refractivity contribution in [2.75, 3.05) is 19.0 Å². The van der Waals surface area contributed by atoms with Crippen molar-refractivity contribution >= 4 is 35.2 Å². The predicted octanol–water partition coefficient (Wildman–Crippen LogP) is 3.36. The van der Waals surface area contributed by atoms with Gasteiger partial charge in [-0.15, -0.1) is 0 Å². The summed E-state index contributed by atoms with van der Waals surface area (Å²) in [7, 11) is 1.40.